The molecule has 0 bridgehead atoms. The molecule has 0 aromatic heterocycles. The molecule has 0 radical (unpaired) electrons. The van der Waals surface area contributed by atoms with Crippen molar-refractivity contribution in [2.75, 3.05) is 36.7 Å². The van der Waals surface area contributed by atoms with Gasteiger partial charge in [0.25, 0.3) is 0 Å². The van der Waals surface area contributed by atoms with Crippen LogP contribution in [0.3, 0.4) is 0 Å². The van der Waals surface area contributed by atoms with E-state index in [1.807, 2.05) is 36.2 Å². The van der Waals surface area contributed by atoms with Gasteiger partial charge in [0.05, 0.1) is 13.7 Å². The Morgan fingerprint density at radius 2 is 2.00 bits per heavy atom. The lowest BCUT2D eigenvalue weighted by atomic mass is 10.2. The second kappa shape index (κ2) is 6.65. The molecular formula is C16H19N3O2. The molecule has 0 atom stereocenters. The highest BCUT2D eigenvalue weighted by Gasteiger charge is 2.08. The number of ether oxygens (including phenoxy) is 1. The third-order valence-corrected chi connectivity index (χ3v) is 3.05. The minimum absolute atomic E-state index is 0.106. The van der Waals surface area contributed by atoms with Crippen LogP contribution in [-0.4, -0.2) is 26.6 Å². The Balaban J connectivity index is 1.98. The average Bonchev–Trinajstić information content (AvgIpc) is 2.47. The first kappa shape index (κ1) is 14.7. The van der Waals surface area contributed by atoms with Crippen molar-refractivity contribution in [3.63, 3.8) is 0 Å². The Labute approximate surface area is 124 Å². The lowest BCUT2D eigenvalue weighted by Crippen LogP contribution is -2.30. The maximum absolute atomic E-state index is 12.0. The van der Waals surface area contributed by atoms with E-state index in [4.69, 9.17) is 10.5 Å². The number of benzene rings is 2. The fourth-order valence-electron chi connectivity index (χ4n) is 1.97. The molecule has 5 nitrogen and oxygen atoms in total. The zero-order valence-electron chi connectivity index (χ0n) is 12.2. The second-order valence-corrected chi connectivity index (χ2v) is 4.73. The number of likely N-dealkylation sites (N-methyl/N-ethyl adjacent to an activating group) is 1. The molecule has 21 heavy (non-hydrogen) atoms. The molecule has 0 saturated heterocycles. The topological polar surface area (TPSA) is 67.6 Å². The van der Waals surface area contributed by atoms with E-state index < -0.39 is 0 Å². The predicted octanol–water partition coefficient (Wildman–Crippen LogP) is 2.35. The van der Waals surface area contributed by atoms with Crippen LogP contribution in [0, 0.1) is 0 Å². The number of anilines is 3. The maximum Gasteiger partial charge on any atom is 0.243 e. The molecule has 0 unspecified atom stereocenters. The molecule has 2 rings (SSSR count). The van der Waals surface area contributed by atoms with Gasteiger partial charge >= 0.3 is 0 Å². The lowest BCUT2D eigenvalue weighted by molar-refractivity contribution is -0.114. The predicted molar refractivity (Wildman–Crippen MR) is 85.7 cm³/mol. The fourth-order valence-corrected chi connectivity index (χ4v) is 1.97. The number of nitrogens with two attached hydrogens (primary N) is 1. The molecule has 110 valence electrons. The van der Waals surface area contributed by atoms with E-state index >= 15 is 0 Å². The van der Waals surface area contributed by atoms with Crippen molar-refractivity contribution in [3.05, 3.63) is 48.5 Å². The van der Waals surface area contributed by atoms with E-state index in [0.29, 0.717) is 11.4 Å². The minimum Gasteiger partial charge on any atom is -0.497 e. The van der Waals surface area contributed by atoms with E-state index in [1.165, 1.54) is 0 Å². The number of rotatable bonds is 5. The summed E-state index contributed by atoms with van der Waals surface area (Å²) in [7, 11) is 3.47. The third kappa shape index (κ3) is 4.14. The zero-order valence-corrected chi connectivity index (χ0v) is 12.2. The summed E-state index contributed by atoms with van der Waals surface area (Å²) >= 11 is 0. The molecule has 0 fully saturated rings. The van der Waals surface area contributed by atoms with Crippen molar-refractivity contribution in [2.24, 2.45) is 0 Å². The lowest BCUT2D eigenvalue weighted by Gasteiger charge is -2.19. The zero-order chi connectivity index (χ0) is 15.2. The summed E-state index contributed by atoms with van der Waals surface area (Å²) < 4.78 is 5.18. The monoisotopic (exact) mass is 285 g/mol. The highest BCUT2D eigenvalue weighted by molar-refractivity contribution is 5.94. The normalized spacial score (nSPS) is 10.0. The smallest absolute Gasteiger partial charge is 0.243 e. The van der Waals surface area contributed by atoms with Crippen LogP contribution in [0.15, 0.2) is 48.5 Å². The first-order valence-electron chi connectivity index (χ1n) is 6.59. The molecule has 1 amide bonds. The molecule has 5 heteroatoms. The molecule has 2 aromatic rings. The van der Waals surface area contributed by atoms with Gasteiger partial charge < -0.3 is 20.7 Å². The summed E-state index contributed by atoms with van der Waals surface area (Å²) in [4.78, 5) is 13.9. The van der Waals surface area contributed by atoms with Gasteiger partial charge in [0.15, 0.2) is 0 Å². The Morgan fingerprint density at radius 1 is 1.24 bits per heavy atom. The van der Waals surface area contributed by atoms with E-state index in [-0.39, 0.29) is 12.5 Å². The Morgan fingerprint density at radius 3 is 2.71 bits per heavy atom. The molecule has 0 heterocycles. The number of nitrogen functional groups attached to an aromatic ring is 1. The van der Waals surface area contributed by atoms with Crippen LogP contribution in [0.25, 0.3) is 0 Å². The largest absolute Gasteiger partial charge is 0.497 e. The van der Waals surface area contributed by atoms with E-state index in [9.17, 15) is 4.79 Å². The van der Waals surface area contributed by atoms with Crippen LogP contribution in [-0.2, 0) is 4.79 Å². The summed E-state index contributed by atoms with van der Waals surface area (Å²) in [6, 6.07) is 14.7. The van der Waals surface area contributed by atoms with E-state index in [1.54, 1.807) is 31.4 Å². The van der Waals surface area contributed by atoms with Gasteiger partial charge in [-0.3, -0.25) is 4.79 Å². The highest BCUT2D eigenvalue weighted by Crippen LogP contribution is 2.20. The summed E-state index contributed by atoms with van der Waals surface area (Å²) in [5, 5.41) is 2.82. The molecule has 0 aliphatic carbocycles. The van der Waals surface area contributed by atoms with Gasteiger partial charge in [0.1, 0.15) is 5.75 Å². The van der Waals surface area contributed by atoms with Crippen molar-refractivity contribution in [3.8, 4) is 5.75 Å². The first-order valence-corrected chi connectivity index (χ1v) is 6.59. The van der Waals surface area contributed by atoms with Crippen molar-refractivity contribution < 1.29 is 9.53 Å². The molecule has 0 aliphatic heterocycles. The molecule has 3 N–H and O–H groups in total. The summed E-state index contributed by atoms with van der Waals surface area (Å²) in [6.45, 7) is 0.238. The minimum atomic E-state index is -0.106. The quantitative estimate of drug-likeness (QED) is 0.828. The number of amides is 1. The van der Waals surface area contributed by atoms with Crippen LogP contribution < -0.4 is 20.7 Å². The van der Waals surface area contributed by atoms with Crippen molar-refractivity contribution >= 4 is 23.0 Å². The molecule has 2 aromatic carbocycles. The van der Waals surface area contributed by atoms with Crippen LogP contribution in [0.1, 0.15) is 0 Å². The van der Waals surface area contributed by atoms with Crippen molar-refractivity contribution in [2.45, 2.75) is 0 Å². The SMILES string of the molecule is COc1cccc(N(C)CC(=O)Nc2cccc(N)c2)c1. The number of hydrogen-bond donors (Lipinski definition) is 2. The standard InChI is InChI=1S/C16H19N3O2/c1-19(14-7-4-8-15(10-14)21-2)11-16(20)18-13-6-3-5-12(17)9-13/h3-10H,11,17H2,1-2H3,(H,18,20). The first-order chi connectivity index (χ1) is 10.1. The number of nitrogens with one attached hydrogen (secondary N) is 1. The Kier molecular flexibility index (Phi) is 4.66. The van der Waals surface area contributed by atoms with Crippen molar-refractivity contribution in [1.29, 1.82) is 0 Å². The molecule has 0 saturated carbocycles. The second-order valence-electron chi connectivity index (χ2n) is 4.73. The van der Waals surface area contributed by atoms with Gasteiger partial charge in [-0.05, 0) is 30.3 Å². The molecular weight excluding hydrogens is 266 g/mol. The third-order valence-electron chi connectivity index (χ3n) is 3.05. The summed E-state index contributed by atoms with van der Waals surface area (Å²) in [6.07, 6.45) is 0. The van der Waals surface area contributed by atoms with Gasteiger partial charge in [0.2, 0.25) is 5.91 Å². The van der Waals surface area contributed by atoms with Crippen LogP contribution in [0.5, 0.6) is 5.75 Å². The van der Waals surface area contributed by atoms with E-state index in [0.717, 1.165) is 11.4 Å². The van der Waals surface area contributed by atoms with Crippen LogP contribution in [0.4, 0.5) is 17.1 Å². The maximum atomic E-state index is 12.0. The fraction of sp³-hybridized carbons (Fsp3) is 0.188. The van der Waals surface area contributed by atoms with Crippen molar-refractivity contribution in [1.82, 2.24) is 0 Å². The summed E-state index contributed by atoms with van der Waals surface area (Å²) in [5.41, 5.74) is 7.91. The highest BCUT2D eigenvalue weighted by atomic mass is 16.5. The number of methoxy groups -OCH3 is 1. The van der Waals surface area contributed by atoms with Gasteiger partial charge in [-0.1, -0.05) is 12.1 Å². The van der Waals surface area contributed by atoms with Crippen LogP contribution in [0.2, 0.25) is 0 Å². The summed E-state index contributed by atoms with van der Waals surface area (Å²) in [5.74, 6) is 0.654. The van der Waals surface area contributed by atoms with E-state index in [2.05, 4.69) is 5.32 Å². The number of nitrogens with zero attached hydrogens (tertiary/aromatic N) is 1. The van der Waals surface area contributed by atoms with Gasteiger partial charge in [0, 0.05) is 30.2 Å². The Bertz CT molecular complexity index is 628. The van der Waals surface area contributed by atoms with Gasteiger partial charge in [-0.25, -0.2) is 0 Å². The number of hydrogen-bond acceptors (Lipinski definition) is 4. The number of carbonyl (C=O) groups is 1. The number of carbonyl (C=O) groups excluding carboxylic acids is 1. The Hall–Kier alpha value is -2.69. The molecule has 0 aliphatic rings. The molecule has 0 spiro atoms. The van der Waals surface area contributed by atoms with Crippen LogP contribution >= 0.6 is 0 Å². The average molecular weight is 285 g/mol. The van der Waals surface area contributed by atoms with Gasteiger partial charge in [-0.15, -0.1) is 0 Å². The van der Waals surface area contributed by atoms with Gasteiger partial charge in [-0.2, -0.15) is 0 Å².